The van der Waals surface area contributed by atoms with E-state index >= 15 is 0 Å². The van der Waals surface area contributed by atoms with Gasteiger partial charge in [-0.25, -0.2) is 19.7 Å². The summed E-state index contributed by atoms with van der Waals surface area (Å²) >= 11 is 5.87. The normalized spacial score (nSPS) is 18.8. The largest absolute Gasteiger partial charge is 0.419 e. The maximum absolute atomic E-state index is 12.8. The van der Waals surface area contributed by atoms with Gasteiger partial charge < -0.3 is 9.64 Å². The molecule has 0 aliphatic carbocycles. The molecule has 1 fully saturated rings. The number of nitroso groups, excluding NO2 is 1. The van der Waals surface area contributed by atoms with Gasteiger partial charge in [0.15, 0.2) is 5.69 Å². The SMILES string of the molecule is O=NN1CCN(C(=O)OC2c3nccnc3C(=O)N2c2ccc(Cl)cn2)CC1. The lowest BCUT2D eigenvalue weighted by molar-refractivity contribution is 0.0448. The second kappa shape index (κ2) is 7.35. The zero-order chi connectivity index (χ0) is 19.7. The van der Waals surface area contributed by atoms with Crippen LogP contribution < -0.4 is 4.90 Å². The lowest BCUT2D eigenvalue weighted by Crippen LogP contribution is -2.47. The molecule has 2 aliphatic rings. The first kappa shape index (κ1) is 18.0. The number of rotatable bonds is 3. The van der Waals surface area contributed by atoms with Gasteiger partial charge in [-0.15, -0.1) is 4.91 Å². The molecule has 2 aromatic rings. The molecule has 1 saturated heterocycles. The zero-order valence-corrected chi connectivity index (χ0v) is 15.2. The number of carbonyl (C=O) groups is 2. The average molecular weight is 404 g/mol. The highest BCUT2D eigenvalue weighted by atomic mass is 35.5. The van der Waals surface area contributed by atoms with Crippen LogP contribution in [0.3, 0.4) is 0 Å². The molecule has 12 heteroatoms. The predicted octanol–water partition coefficient (Wildman–Crippen LogP) is 1.62. The van der Waals surface area contributed by atoms with E-state index in [-0.39, 0.29) is 30.3 Å². The number of fused-ring (bicyclic) bond motifs is 1. The number of halogens is 1. The van der Waals surface area contributed by atoms with Gasteiger partial charge >= 0.3 is 6.09 Å². The molecule has 144 valence electrons. The molecular formula is C16H14ClN7O4. The Morgan fingerprint density at radius 2 is 1.89 bits per heavy atom. The molecule has 4 rings (SSSR count). The molecule has 11 nitrogen and oxygen atoms in total. The van der Waals surface area contributed by atoms with E-state index in [2.05, 4.69) is 20.2 Å². The van der Waals surface area contributed by atoms with Crippen molar-refractivity contribution in [1.29, 1.82) is 0 Å². The summed E-state index contributed by atoms with van der Waals surface area (Å²) in [5, 5.41) is 4.59. The number of nitrogens with zero attached hydrogens (tertiary/aromatic N) is 7. The van der Waals surface area contributed by atoms with E-state index in [0.717, 1.165) is 0 Å². The van der Waals surface area contributed by atoms with Crippen LogP contribution >= 0.6 is 11.6 Å². The molecule has 1 unspecified atom stereocenters. The summed E-state index contributed by atoms with van der Waals surface area (Å²) in [5.74, 6) is -0.229. The second-order valence-corrected chi connectivity index (χ2v) is 6.49. The van der Waals surface area contributed by atoms with Crippen LogP contribution in [0, 0.1) is 4.91 Å². The molecule has 0 N–H and O–H groups in total. The van der Waals surface area contributed by atoms with Crippen LogP contribution in [0.2, 0.25) is 5.02 Å². The van der Waals surface area contributed by atoms with Gasteiger partial charge in [-0.1, -0.05) is 11.6 Å². The number of piperazine rings is 1. The number of hydrogen-bond donors (Lipinski definition) is 0. The Kier molecular flexibility index (Phi) is 4.74. The Bertz CT molecular complexity index is 917. The number of amides is 2. The van der Waals surface area contributed by atoms with Gasteiger partial charge in [0.05, 0.1) is 23.4 Å². The van der Waals surface area contributed by atoms with Crippen LogP contribution in [0.15, 0.2) is 36.0 Å². The molecule has 0 bridgehead atoms. The highest BCUT2D eigenvalue weighted by Gasteiger charge is 2.44. The first-order valence-corrected chi connectivity index (χ1v) is 8.76. The van der Waals surface area contributed by atoms with Crippen molar-refractivity contribution in [3.05, 3.63) is 52.0 Å². The van der Waals surface area contributed by atoms with E-state index in [1.165, 1.54) is 33.4 Å². The average Bonchev–Trinajstić information content (AvgIpc) is 3.01. The third kappa shape index (κ3) is 3.20. The summed E-state index contributed by atoms with van der Waals surface area (Å²) in [6.07, 6.45) is 2.44. The first-order valence-electron chi connectivity index (χ1n) is 8.38. The molecule has 4 heterocycles. The van der Waals surface area contributed by atoms with E-state index in [4.69, 9.17) is 16.3 Å². The highest BCUT2D eigenvalue weighted by Crippen LogP contribution is 2.35. The van der Waals surface area contributed by atoms with Crippen molar-refractivity contribution in [2.24, 2.45) is 5.29 Å². The Morgan fingerprint density at radius 1 is 1.14 bits per heavy atom. The smallest absolute Gasteiger partial charge is 0.412 e. The first-order chi connectivity index (χ1) is 13.6. The van der Waals surface area contributed by atoms with E-state index in [1.54, 1.807) is 12.1 Å². The summed E-state index contributed by atoms with van der Waals surface area (Å²) in [5.41, 5.74) is 0.317. The van der Waals surface area contributed by atoms with Crippen molar-refractivity contribution < 1.29 is 14.3 Å². The minimum atomic E-state index is -1.11. The third-order valence-electron chi connectivity index (χ3n) is 4.42. The van der Waals surface area contributed by atoms with Crippen molar-refractivity contribution in [1.82, 2.24) is 24.9 Å². The molecule has 0 radical (unpaired) electrons. The number of hydrogen-bond acceptors (Lipinski definition) is 8. The summed E-state index contributed by atoms with van der Waals surface area (Å²) in [7, 11) is 0. The van der Waals surface area contributed by atoms with Crippen LogP contribution in [-0.2, 0) is 4.74 Å². The quantitative estimate of drug-likeness (QED) is 0.708. The van der Waals surface area contributed by atoms with Crippen LogP contribution in [0.4, 0.5) is 10.6 Å². The van der Waals surface area contributed by atoms with Gasteiger partial charge in [0.2, 0.25) is 6.23 Å². The van der Waals surface area contributed by atoms with Gasteiger partial charge in [-0.2, -0.15) is 0 Å². The third-order valence-corrected chi connectivity index (χ3v) is 4.64. The molecule has 2 aromatic heterocycles. The number of pyridine rings is 1. The lowest BCUT2D eigenvalue weighted by Gasteiger charge is -2.32. The fourth-order valence-corrected chi connectivity index (χ4v) is 3.12. The van der Waals surface area contributed by atoms with Crippen molar-refractivity contribution in [3.63, 3.8) is 0 Å². The molecule has 2 aliphatic heterocycles. The molecular weight excluding hydrogens is 390 g/mol. The monoisotopic (exact) mass is 403 g/mol. The number of carbonyl (C=O) groups excluding carboxylic acids is 2. The van der Waals surface area contributed by atoms with Gasteiger partial charge in [0.25, 0.3) is 5.91 Å². The summed E-state index contributed by atoms with van der Waals surface area (Å²) < 4.78 is 5.60. The van der Waals surface area contributed by atoms with Crippen LogP contribution in [0.1, 0.15) is 22.4 Å². The molecule has 28 heavy (non-hydrogen) atoms. The maximum atomic E-state index is 12.8. The van der Waals surface area contributed by atoms with Crippen LogP contribution in [0.25, 0.3) is 0 Å². The molecule has 0 spiro atoms. The number of aromatic nitrogens is 3. The Labute approximate surface area is 163 Å². The lowest BCUT2D eigenvalue weighted by atomic mass is 10.3. The van der Waals surface area contributed by atoms with Gasteiger partial charge in [-0.05, 0) is 12.1 Å². The number of anilines is 1. The second-order valence-electron chi connectivity index (χ2n) is 6.06. The van der Waals surface area contributed by atoms with E-state index in [9.17, 15) is 14.5 Å². The van der Waals surface area contributed by atoms with Gasteiger partial charge in [0, 0.05) is 31.7 Å². The Balaban J connectivity index is 1.60. The molecule has 1 atom stereocenters. The van der Waals surface area contributed by atoms with E-state index in [1.807, 2.05) is 0 Å². The number of ether oxygens (including phenoxy) is 1. The van der Waals surface area contributed by atoms with E-state index < -0.39 is 18.2 Å². The fourth-order valence-electron chi connectivity index (χ4n) is 3.01. The molecule has 0 aromatic carbocycles. The van der Waals surface area contributed by atoms with Gasteiger partial charge in [-0.3, -0.25) is 14.8 Å². The molecule has 2 amide bonds. The summed E-state index contributed by atoms with van der Waals surface area (Å²) in [6.45, 7) is 1.16. The molecule has 0 saturated carbocycles. The topological polar surface area (TPSA) is 121 Å². The van der Waals surface area contributed by atoms with Crippen LogP contribution in [0.5, 0.6) is 0 Å². The minimum Gasteiger partial charge on any atom is -0.419 e. The Morgan fingerprint density at radius 3 is 2.57 bits per heavy atom. The highest BCUT2D eigenvalue weighted by molar-refractivity contribution is 6.30. The van der Waals surface area contributed by atoms with Crippen molar-refractivity contribution in [2.45, 2.75) is 6.23 Å². The Hall–Kier alpha value is -3.34. The predicted molar refractivity (Wildman–Crippen MR) is 96.3 cm³/mol. The summed E-state index contributed by atoms with van der Waals surface area (Å²) in [6, 6.07) is 3.12. The van der Waals surface area contributed by atoms with E-state index in [0.29, 0.717) is 18.1 Å². The fraction of sp³-hybridized carbons (Fsp3) is 0.312. The standard InChI is InChI=1S/C16H14ClN7O4/c17-10-1-2-11(20-9-10)24-14(25)12-13(19-4-3-18-12)15(24)28-16(26)22-5-7-23(21-27)8-6-22/h1-4,9,15H,5-8H2. The van der Waals surface area contributed by atoms with Crippen molar-refractivity contribution in [3.8, 4) is 0 Å². The van der Waals surface area contributed by atoms with Crippen molar-refractivity contribution >= 4 is 29.4 Å². The van der Waals surface area contributed by atoms with Crippen molar-refractivity contribution in [2.75, 3.05) is 31.1 Å². The summed E-state index contributed by atoms with van der Waals surface area (Å²) in [4.78, 5) is 51.1. The van der Waals surface area contributed by atoms with Crippen LogP contribution in [-0.4, -0.2) is 63.0 Å². The minimum absolute atomic E-state index is 0.0898. The van der Waals surface area contributed by atoms with Gasteiger partial charge in [0.1, 0.15) is 11.5 Å². The maximum Gasteiger partial charge on any atom is 0.412 e. The zero-order valence-electron chi connectivity index (χ0n) is 14.4.